The van der Waals surface area contributed by atoms with Gasteiger partial charge in [0.2, 0.25) is 5.95 Å². The quantitative estimate of drug-likeness (QED) is 0.180. The summed E-state index contributed by atoms with van der Waals surface area (Å²) in [6, 6.07) is 48.4. The van der Waals surface area contributed by atoms with Crippen molar-refractivity contribution in [1.82, 2.24) is 14.5 Å². The zero-order chi connectivity index (χ0) is 29.9. The third kappa shape index (κ3) is 5.16. The van der Waals surface area contributed by atoms with Crippen molar-refractivity contribution < 1.29 is 0 Å². The lowest BCUT2D eigenvalue weighted by molar-refractivity contribution is 0.982. The van der Waals surface area contributed by atoms with Gasteiger partial charge in [0.25, 0.3) is 0 Å². The van der Waals surface area contributed by atoms with Gasteiger partial charge in [-0.1, -0.05) is 146 Å². The van der Waals surface area contributed by atoms with E-state index in [0.717, 1.165) is 44.7 Å². The van der Waals surface area contributed by atoms with Gasteiger partial charge in [0.1, 0.15) is 0 Å². The van der Waals surface area contributed by atoms with Crippen LogP contribution in [0.5, 0.6) is 0 Å². The molecule has 0 radical (unpaired) electrons. The molecule has 0 bridgehead atoms. The average Bonchev–Trinajstić information content (AvgIpc) is 3.44. The molecule has 44 heavy (non-hydrogen) atoms. The van der Waals surface area contributed by atoms with Gasteiger partial charge in [0, 0.05) is 16.3 Å². The third-order valence-electron chi connectivity index (χ3n) is 8.03. The Labute approximate surface area is 257 Å². The maximum absolute atomic E-state index is 5.18. The molecule has 7 rings (SSSR count). The highest BCUT2D eigenvalue weighted by Gasteiger charge is 2.16. The SMILES string of the molecule is C=C/C(=C\C=C(/C)c1cc(-c2ccc(-c3ccccc3)cc2)nc(-n2c3ccccc3c3ccccc32)n1)c1ccccc1. The summed E-state index contributed by atoms with van der Waals surface area (Å²) in [5, 5.41) is 2.36. The Morgan fingerprint density at radius 2 is 1.14 bits per heavy atom. The smallest absolute Gasteiger partial charge is 0.235 e. The zero-order valence-electron chi connectivity index (χ0n) is 24.6. The Bertz CT molecular complexity index is 2110. The molecule has 0 fully saturated rings. The van der Waals surface area contributed by atoms with E-state index in [2.05, 4.69) is 145 Å². The lowest BCUT2D eigenvalue weighted by atomic mass is 10.0. The molecule has 0 aliphatic carbocycles. The number of rotatable bonds is 7. The molecule has 0 aliphatic rings. The highest BCUT2D eigenvalue weighted by molar-refractivity contribution is 6.09. The van der Waals surface area contributed by atoms with Crippen molar-refractivity contribution in [2.45, 2.75) is 6.92 Å². The zero-order valence-corrected chi connectivity index (χ0v) is 24.6. The van der Waals surface area contributed by atoms with E-state index in [1.54, 1.807) is 0 Å². The first-order valence-corrected chi connectivity index (χ1v) is 14.8. The summed E-state index contributed by atoms with van der Waals surface area (Å²) in [7, 11) is 0. The fourth-order valence-corrected chi connectivity index (χ4v) is 5.70. The Morgan fingerprint density at radius 1 is 0.591 bits per heavy atom. The molecule has 0 amide bonds. The summed E-state index contributed by atoms with van der Waals surface area (Å²) >= 11 is 0. The van der Waals surface area contributed by atoms with Crippen LogP contribution in [0.3, 0.4) is 0 Å². The van der Waals surface area contributed by atoms with Crippen LogP contribution in [0.25, 0.3) is 61.3 Å². The molecule has 3 heteroatoms. The number of hydrogen-bond acceptors (Lipinski definition) is 2. The van der Waals surface area contributed by atoms with Gasteiger partial charge in [-0.3, -0.25) is 4.57 Å². The molecule has 0 aliphatic heterocycles. The van der Waals surface area contributed by atoms with Gasteiger partial charge in [-0.25, -0.2) is 9.97 Å². The van der Waals surface area contributed by atoms with Crippen LogP contribution in [0.1, 0.15) is 18.2 Å². The van der Waals surface area contributed by atoms with Gasteiger partial charge in [0.05, 0.1) is 22.4 Å². The van der Waals surface area contributed by atoms with E-state index < -0.39 is 0 Å². The second-order valence-electron chi connectivity index (χ2n) is 10.8. The van der Waals surface area contributed by atoms with E-state index >= 15 is 0 Å². The van der Waals surface area contributed by atoms with Gasteiger partial charge in [-0.05, 0) is 53.0 Å². The molecule has 7 aromatic rings. The third-order valence-corrected chi connectivity index (χ3v) is 8.03. The van der Waals surface area contributed by atoms with E-state index in [1.807, 2.05) is 30.3 Å². The van der Waals surface area contributed by atoms with Crippen molar-refractivity contribution in [3.63, 3.8) is 0 Å². The van der Waals surface area contributed by atoms with Crippen molar-refractivity contribution in [1.29, 1.82) is 0 Å². The van der Waals surface area contributed by atoms with Crippen molar-refractivity contribution in [3.05, 3.63) is 176 Å². The maximum Gasteiger partial charge on any atom is 0.235 e. The predicted octanol–water partition coefficient (Wildman–Crippen LogP) is 10.6. The molecule has 210 valence electrons. The minimum Gasteiger partial charge on any atom is -0.278 e. The van der Waals surface area contributed by atoms with E-state index in [4.69, 9.17) is 9.97 Å². The number of benzene rings is 5. The molecule has 5 aromatic carbocycles. The normalized spacial score (nSPS) is 12.1. The predicted molar refractivity (Wildman–Crippen MR) is 186 cm³/mol. The number of aromatic nitrogens is 3. The second kappa shape index (κ2) is 11.8. The number of hydrogen-bond donors (Lipinski definition) is 0. The molecule has 3 nitrogen and oxygen atoms in total. The Hall–Kier alpha value is -5.80. The van der Waals surface area contributed by atoms with Crippen molar-refractivity contribution in [2.24, 2.45) is 0 Å². The lowest BCUT2D eigenvalue weighted by Crippen LogP contribution is -2.05. The van der Waals surface area contributed by atoms with Crippen molar-refractivity contribution >= 4 is 33.0 Å². The van der Waals surface area contributed by atoms with Crippen LogP contribution in [0.15, 0.2) is 164 Å². The van der Waals surface area contributed by atoms with Gasteiger partial charge in [-0.15, -0.1) is 0 Å². The first kappa shape index (κ1) is 27.1. The van der Waals surface area contributed by atoms with Crippen LogP contribution in [0.4, 0.5) is 0 Å². The highest BCUT2D eigenvalue weighted by Crippen LogP contribution is 2.33. The molecule has 0 spiro atoms. The Balaban J connectivity index is 1.40. The Morgan fingerprint density at radius 3 is 1.77 bits per heavy atom. The van der Waals surface area contributed by atoms with Crippen LogP contribution in [0.2, 0.25) is 0 Å². The average molecular weight is 566 g/mol. The Kier molecular flexibility index (Phi) is 7.27. The van der Waals surface area contributed by atoms with Crippen molar-refractivity contribution in [2.75, 3.05) is 0 Å². The molecule has 0 saturated carbocycles. The number of nitrogens with zero attached hydrogens (tertiary/aromatic N) is 3. The van der Waals surface area contributed by atoms with Crippen LogP contribution in [0, 0.1) is 0 Å². The molecule has 0 N–H and O–H groups in total. The molecule has 2 aromatic heterocycles. The summed E-state index contributed by atoms with van der Waals surface area (Å²) in [4.78, 5) is 10.4. The summed E-state index contributed by atoms with van der Waals surface area (Å²) in [6.07, 6.45) is 6.11. The van der Waals surface area contributed by atoms with E-state index in [0.29, 0.717) is 5.95 Å². The van der Waals surface area contributed by atoms with Crippen LogP contribution >= 0.6 is 0 Å². The first-order chi connectivity index (χ1) is 21.7. The van der Waals surface area contributed by atoms with Gasteiger partial charge in [-0.2, -0.15) is 0 Å². The van der Waals surface area contributed by atoms with Gasteiger partial charge < -0.3 is 0 Å². The molecule has 2 heterocycles. The van der Waals surface area contributed by atoms with Gasteiger partial charge >= 0.3 is 0 Å². The monoisotopic (exact) mass is 565 g/mol. The summed E-state index contributed by atoms with van der Waals surface area (Å²) in [5.74, 6) is 0.644. The van der Waals surface area contributed by atoms with E-state index in [1.165, 1.54) is 21.9 Å². The highest BCUT2D eigenvalue weighted by atomic mass is 15.2. The lowest BCUT2D eigenvalue weighted by Gasteiger charge is -2.12. The molecule has 0 atom stereocenters. The van der Waals surface area contributed by atoms with Crippen LogP contribution in [-0.2, 0) is 0 Å². The summed E-state index contributed by atoms with van der Waals surface area (Å²) in [5.41, 5.74) is 10.5. The summed E-state index contributed by atoms with van der Waals surface area (Å²) < 4.78 is 2.18. The van der Waals surface area contributed by atoms with E-state index in [9.17, 15) is 0 Å². The van der Waals surface area contributed by atoms with Crippen LogP contribution < -0.4 is 0 Å². The first-order valence-electron chi connectivity index (χ1n) is 14.8. The minimum absolute atomic E-state index is 0.644. The number of para-hydroxylation sites is 2. The number of allylic oxidation sites excluding steroid dienone is 5. The fourth-order valence-electron chi connectivity index (χ4n) is 5.70. The number of fused-ring (bicyclic) bond motifs is 3. The molecular formula is C41H31N3. The molecule has 0 unspecified atom stereocenters. The van der Waals surface area contributed by atoms with Crippen LogP contribution in [-0.4, -0.2) is 14.5 Å². The largest absolute Gasteiger partial charge is 0.278 e. The van der Waals surface area contributed by atoms with Gasteiger partial charge in [0.15, 0.2) is 0 Å². The van der Waals surface area contributed by atoms with Crippen molar-refractivity contribution in [3.8, 4) is 28.3 Å². The molecular weight excluding hydrogens is 534 g/mol. The summed E-state index contributed by atoms with van der Waals surface area (Å²) in [6.45, 7) is 6.15. The topological polar surface area (TPSA) is 30.7 Å². The fraction of sp³-hybridized carbons (Fsp3) is 0.0244. The van der Waals surface area contributed by atoms with E-state index in [-0.39, 0.29) is 0 Å². The molecule has 0 saturated heterocycles. The standard InChI is InChI=1S/C41H31N3/c1-3-30(31-14-6-4-7-15-31)23-22-29(2)37-28-38(34-26-24-33(25-27-34)32-16-8-5-9-17-32)43-41(42-37)44-39-20-12-10-18-35(39)36-19-11-13-21-40(36)44/h3-28H,1H2,2H3/b29-22+,30-23+. The second-order valence-corrected chi connectivity index (χ2v) is 10.8. The maximum atomic E-state index is 5.18. The minimum atomic E-state index is 0.644.